The van der Waals surface area contributed by atoms with E-state index in [9.17, 15) is 9.59 Å². The molecule has 138 valence electrons. The summed E-state index contributed by atoms with van der Waals surface area (Å²) in [5.41, 5.74) is 4.93. The molecule has 0 aliphatic rings. The van der Waals surface area contributed by atoms with Crippen LogP contribution >= 0.6 is 0 Å². The fourth-order valence-electron chi connectivity index (χ4n) is 2.83. The molecule has 0 unspecified atom stereocenters. The molecular weight excluding hydrogens is 328 g/mol. The number of rotatable bonds is 6. The van der Waals surface area contributed by atoms with Crippen molar-refractivity contribution in [2.75, 3.05) is 25.5 Å². The molecule has 0 bridgehead atoms. The van der Waals surface area contributed by atoms with Gasteiger partial charge in [0.2, 0.25) is 5.91 Å². The molecule has 0 aliphatic carbocycles. The Bertz CT molecular complexity index is 792. The van der Waals surface area contributed by atoms with E-state index >= 15 is 0 Å². The maximum absolute atomic E-state index is 12.3. The van der Waals surface area contributed by atoms with Crippen LogP contribution in [0, 0.1) is 27.7 Å². The summed E-state index contributed by atoms with van der Waals surface area (Å²) in [4.78, 5) is 25.9. The molecule has 2 aromatic rings. The van der Waals surface area contributed by atoms with Crippen LogP contribution < -0.4 is 10.1 Å². The van der Waals surface area contributed by atoms with Crippen molar-refractivity contribution in [2.24, 2.45) is 0 Å². The Labute approximate surface area is 155 Å². The van der Waals surface area contributed by atoms with Crippen LogP contribution in [0.2, 0.25) is 0 Å². The molecule has 0 saturated heterocycles. The van der Waals surface area contributed by atoms with Gasteiger partial charge in [0.25, 0.3) is 5.91 Å². The van der Waals surface area contributed by atoms with Gasteiger partial charge in [-0.25, -0.2) is 0 Å². The van der Waals surface area contributed by atoms with Crippen molar-refractivity contribution in [3.63, 3.8) is 0 Å². The molecule has 2 amide bonds. The first-order valence-electron chi connectivity index (χ1n) is 8.58. The molecule has 26 heavy (non-hydrogen) atoms. The van der Waals surface area contributed by atoms with Crippen molar-refractivity contribution in [1.29, 1.82) is 0 Å². The Balaban J connectivity index is 1.90. The summed E-state index contributed by atoms with van der Waals surface area (Å²) in [6.45, 7) is 7.73. The van der Waals surface area contributed by atoms with Crippen LogP contribution in [-0.2, 0) is 9.59 Å². The van der Waals surface area contributed by atoms with Gasteiger partial charge in [0.1, 0.15) is 5.75 Å². The molecule has 0 heterocycles. The highest BCUT2D eigenvalue weighted by Gasteiger charge is 2.15. The number of para-hydroxylation sites is 1. The van der Waals surface area contributed by atoms with Crippen LogP contribution in [0.25, 0.3) is 0 Å². The van der Waals surface area contributed by atoms with Crippen molar-refractivity contribution in [3.05, 3.63) is 58.7 Å². The average Bonchev–Trinajstić information content (AvgIpc) is 2.57. The minimum absolute atomic E-state index is 0.0251. The van der Waals surface area contributed by atoms with Gasteiger partial charge in [-0.1, -0.05) is 35.9 Å². The normalized spacial score (nSPS) is 10.3. The molecular formula is C21H26N2O3. The van der Waals surface area contributed by atoms with Crippen LogP contribution in [0.4, 0.5) is 5.69 Å². The Morgan fingerprint density at radius 1 is 1.00 bits per heavy atom. The Morgan fingerprint density at radius 2 is 1.62 bits per heavy atom. The summed E-state index contributed by atoms with van der Waals surface area (Å²) in [6, 6.07) is 11.5. The van der Waals surface area contributed by atoms with E-state index < -0.39 is 0 Å². The lowest BCUT2D eigenvalue weighted by molar-refractivity contribution is -0.135. The Morgan fingerprint density at radius 3 is 2.23 bits per heavy atom. The SMILES string of the molecule is Cc1cc(C)c(NC(=O)CN(C)C(=O)COc2ccccc2C)c(C)c1. The maximum atomic E-state index is 12.3. The number of benzene rings is 2. The maximum Gasteiger partial charge on any atom is 0.260 e. The lowest BCUT2D eigenvalue weighted by Crippen LogP contribution is -2.37. The molecule has 2 aromatic carbocycles. The third-order valence-electron chi connectivity index (χ3n) is 4.19. The van der Waals surface area contributed by atoms with Crippen LogP contribution in [0.15, 0.2) is 36.4 Å². The van der Waals surface area contributed by atoms with E-state index in [1.807, 2.05) is 64.1 Å². The summed E-state index contributed by atoms with van der Waals surface area (Å²) < 4.78 is 5.55. The predicted molar refractivity (Wildman–Crippen MR) is 104 cm³/mol. The highest BCUT2D eigenvalue weighted by Crippen LogP contribution is 2.21. The number of aryl methyl sites for hydroxylation is 4. The number of hydrogen-bond donors (Lipinski definition) is 1. The van der Waals surface area contributed by atoms with Gasteiger partial charge < -0.3 is 15.0 Å². The van der Waals surface area contributed by atoms with E-state index in [1.165, 1.54) is 4.90 Å². The molecule has 5 nitrogen and oxygen atoms in total. The first-order valence-corrected chi connectivity index (χ1v) is 8.58. The van der Waals surface area contributed by atoms with Gasteiger partial charge in [-0.3, -0.25) is 9.59 Å². The summed E-state index contributed by atoms with van der Waals surface area (Å²) >= 11 is 0. The fraction of sp³-hybridized carbons (Fsp3) is 0.333. The molecule has 0 radical (unpaired) electrons. The molecule has 0 saturated carbocycles. The lowest BCUT2D eigenvalue weighted by atomic mass is 10.1. The van der Waals surface area contributed by atoms with Gasteiger partial charge >= 0.3 is 0 Å². The van der Waals surface area contributed by atoms with E-state index in [0.29, 0.717) is 5.75 Å². The third-order valence-corrected chi connectivity index (χ3v) is 4.19. The van der Waals surface area contributed by atoms with E-state index in [0.717, 1.165) is 27.9 Å². The summed E-state index contributed by atoms with van der Waals surface area (Å²) in [5, 5.41) is 2.90. The van der Waals surface area contributed by atoms with Gasteiger partial charge in [0.05, 0.1) is 6.54 Å². The number of carbonyl (C=O) groups is 2. The van der Waals surface area contributed by atoms with Crippen LogP contribution in [0.5, 0.6) is 5.75 Å². The lowest BCUT2D eigenvalue weighted by Gasteiger charge is -2.19. The first-order chi connectivity index (χ1) is 12.3. The van der Waals surface area contributed by atoms with Crippen molar-refractivity contribution in [1.82, 2.24) is 4.90 Å². The van der Waals surface area contributed by atoms with Crippen LogP contribution in [0.1, 0.15) is 22.3 Å². The quantitative estimate of drug-likeness (QED) is 0.865. The summed E-state index contributed by atoms with van der Waals surface area (Å²) in [7, 11) is 1.60. The number of ether oxygens (including phenoxy) is 1. The first kappa shape index (κ1) is 19.5. The molecule has 5 heteroatoms. The molecule has 2 rings (SSSR count). The minimum Gasteiger partial charge on any atom is -0.484 e. The van der Waals surface area contributed by atoms with Crippen LogP contribution in [0.3, 0.4) is 0 Å². The zero-order chi connectivity index (χ0) is 19.3. The van der Waals surface area contributed by atoms with E-state index in [4.69, 9.17) is 4.74 Å². The van der Waals surface area contributed by atoms with Gasteiger partial charge in [-0.15, -0.1) is 0 Å². The standard InChI is InChI=1S/C21H26N2O3/c1-14-10-16(3)21(17(4)11-14)22-19(24)12-23(5)20(25)13-26-18-9-7-6-8-15(18)2/h6-11H,12-13H2,1-5H3,(H,22,24). The van der Waals surface area contributed by atoms with Crippen molar-refractivity contribution in [2.45, 2.75) is 27.7 Å². The van der Waals surface area contributed by atoms with Gasteiger partial charge in [0, 0.05) is 12.7 Å². The smallest absolute Gasteiger partial charge is 0.260 e. The highest BCUT2D eigenvalue weighted by molar-refractivity contribution is 5.95. The van der Waals surface area contributed by atoms with E-state index in [-0.39, 0.29) is 25.0 Å². The van der Waals surface area contributed by atoms with Crippen molar-refractivity contribution >= 4 is 17.5 Å². The molecule has 0 fully saturated rings. The zero-order valence-electron chi connectivity index (χ0n) is 16.1. The Hall–Kier alpha value is -2.82. The molecule has 1 N–H and O–H groups in total. The summed E-state index contributed by atoms with van der Waals surface area (Å²) in [6.07, 6.45) is 0. The molecule has 0 aliphatic heterocycles. The fourth-order valence-corrected chi connectivity index (χ4v) is 2.83. The Kier molecular flexibility index (Phi) is 6.39. The molecule has 0 atom stereocenters. The topological polar surface area (TPSA) is 58.6 Å². The number of nitrogens with zero attached hydrogens (tertiary/aromatic N) is 1. The van der Waals surface area contributed by atoms with E-state index in [1.54, 1.807) is 7.05 Å². The second kappa shape index (κ2) is 8.52. The number of amides is 2. The minimum atomic E-state index is -0.249. The number of anilines is 1. The van der Waals surface area contributed by atoms with Crippen molar-refractivity contribution in [3.8, 4) is 5.75 Å². The van der Waals surface area contributed by atoms with Gasteiger partial charge in [-0.05, 0) is 50.5 Å². The monoisotopic (exact) mass is 354 g/mol. The number of likely N-dealkylation sites (N-methyl/N-ethyl adjacent to an activating group) is 1. The second-order valence-corrected chi connectivity index (χ2v) is 6.63. The van der Waals surface area contributed by atoms with Gasteiger partial charge in [-0.2, -0.15) is 0 Å². The summed E-state index contributed by atoms with van der Waals surface area (Å²) in [5.74, 6) is 0.192. The second-order valence-electron chi connectivity index (χ2n) is 6.63. The highest BCUT2D eigenvalue weighted by atomic mass is 16.5. The number of nitrogens with one attached hydrogen (secondary N) is 1. The number of hydrogen-bond acceptors (Lipinski definition) is 3. The largest absolute Gasteiger partial charge is 0.484 e. The van der Waals surface area contributed by atoms with Crippen LogP contribution in [-0.4, -0.2) is 36.9 Å². The van der Waals surface area contributed by atoms with Gasteiger partial charge in [0.15, 0.2) is 6.61 Å². The zero-order valence-corrected chi connectivity index (χ0v) is 16.1. The molecule has 0 aromatic heterocycles. The van der Waals surface area contributed by atoms with Crippen molar-refractivity contribution < 1.29 is 14.3 Å². The predicted octanol–water partition coefficient (Wildman–Crippen LogP) is 3.40. The third kappa shape index (κ3) is 5.09. The average molecular weight is 354 g/mol. The number of carbonyl (C=O) groups excluding carboxylic acids is 2. The van der Waals surface area contributed by atoms with E-state index in [2.05, 4.69) is 5.32 Å². The molecule has 0 spiro atoms.